The summed E-state index contributed by atoms with van der Waals surface area (Å²) < 4.78 is 5.42. The number of carbonyl (C=O) groups is 3. The average molecular weight is 444 g/mol. The van der Waals surface area contributed by atoms with Crippen molar-refractivity contribution in [3.8, 4) is 0 Å². The minimum atomic E-state index is -0.701. The van der Waals surface area contributed by atoms with Crippen LogP contribution in [0.15, 0.2) is 30.5 Å². The number of rotatable bonds is 7. The number of nitrogens with one attached hydrogen (secondary N) is 3. The largest absolute Gasteiger partial charge is 0.466 e. The van der Waals surface area contributed by atoms with Crippen molar-refractivity contribution in [2.45, 2.75) is 25.9 Å². The molecule has 0 spiro atoms. The molecule has 2 aromatic rings. The Morgan fingerprint density at radius 1 is 1.19 bits per heavy atom. The molecule has 1 fully saturated rings. The van der Waals surface area contributed by atoms with Gasteiger partial charge in [0.1, 0.15) is 6.61 Å². The highest BCUT2D eigenvalue weighted by Gasteiger charge is 2.32. The van der Waals surface area contributed by atoms with E-state index in [2.05, 4.69) is 15.6 Å². The normalized spacial score (nSPS) is 13.2. The van der Waals surface area contributed by atoms with Gasteiger partial charge in [0.2, 0.25) is 0 Å². The first-order valence-electron chi connectivity index (χ1n) is 9.24. The van der Waals surface area contributed by atoms with E-state index in [0.717, 1.165) is 10.9 Å². The molecule has 0 aliphatic carbocycles. The number of amides is 2. The minimum absolute atomic E-state index is 0.0497. The number of hydrogen-bond donors (Lipinski definition) is 4. The van der Waals surface area contributed by atoms with Gasteiger partial charge in [-0.25, -0.2) is 4.79 Å². The summed E-state index contributed by atoms with van der Waals surface area (Å²) >= 11 is 5.03. The van der Waals surface area contributed by atoms with Crippen LogP contribution < -0.4 is 16.4 Å². The Kier molecular flexibility index (Phi) is 6.92. The number of fused-ring (bicyclic) bond motifs is 1. The van der Waals surface area contributed by atoms with Gasteiger partial charge < -0.3 is 25.9 Å². The first-order chi connectivity index (χ1) is 14.8. The van der Waals surface area contributed by atoms with Crippen molar-refractivity contribution >= 4 is 52.0 Å². The van der Waals surface area contributed by atoms with Gasteiger partial charge in [0, 0.05) is 30.0 Å². The number of thiocarbonyl (C=S) groups is 1. The van der Waals surface area contributed by atoms with Gasteiger partial charge in [0.05, 0.1) is 18.6 Å². The molecule has 0 atom stereocenters. The molecule has 0 unspecified atom stereocenters. The van der Waals surface area contributed by atoms with E-state index in [-0.39, 0.29) is 43.7 Å². The van der Waals surface area contributed by atoms with E-state index < -0.39 is 17.8 Å². The van der Waals surface area contributed by atoms with Gasteiger partial charge in [-0.2, -0.15) is 0 Å². The van der Waals surface area contributed by atoms with Crippen LogP contribution in [-0.4, -0.2) is 45.6 Å². The lowest BCUT2D eigenvalue weighted by Crippen LogP contribution is -2.40. The molecule has 1 aliphatic rings. The Bertz CT molecular complexity index is 1040. The molecular weight excluding hydrogens is 424 g/mol. The topological polar surface area (TPSA) is 160 Å². The van der Waals surface area contributed by atoms with E-state index in [1.807, 2.05) is 6.07 Å². The molecule has 0 radical (unpaired) electrons. The number of guanidine groups is 1. The summed E-state index contributed by atoms with van der Waals surface area (Å²) in [5, 5.41) is 13.9. The summed E-state index contributed by atoms with van der Waals surface area (Å²) in [4.78, 5) is 44.4. The highest BCUT2D eigenvalue weighted by molar-refractivity contribution is 7.80. The SMILES string of the molecule is N=C(N)NCNC(=S)OCc1cnc2cc(CC(=O)ON3C(=O)CCC3=O)ccc2c1. The standard InChI is InChI=1S/C19H20N6O5S/c20-18(21)23-10-24-19(31)29-9-12-5-13-2-1-11(6-14(13)22-8-12)7-17(28)30-25-15(26)3-4-16(25)27/h1-2,5-6,8H,3-4,7,9-10H2,(H,24,31)(H4,20,21,23). The number of pyridine rings is 1. The zero-order valence-electron chi connectivity index (χ0n) is 16.3. The van der Waals surface area contributed by atoms with E-state index in [1.165, 1.54) is 0 Å². The first kappa shape index (κ1) is 21.9. The fraction of sp³-hybridized carbons (Fsp3) is 0.263. The Labute approximate surface area is 182 Å². The molecule has 2 amide bonds. The molecule has 1 aromatic heterocycles. The van der Waals surface area contributed by atoms with E-state index in [4.69, 9.17) is 32.9 Å². The van der Waals surface area contributed by atoms with Crippen LogP contribution in [0.2, 0.25) is 0 Å². The van der Waals surface area contributed by atoms with Crippen molar-refractivity contribution in [1.29, 1.82) is 5.41 Å². The molecule has 11 nitrogen and oxygen atoms in total. The predicted molar refractivity (Wildman–Crippen MR) is 113 cm³/mol. The molecule has 1 aliphatic heterocycles. The zero-order chi connectivity index (χ0) is 22.4. The molecule has 1 saturated heterocycles. The van der Waals surface area contributed by atoms with Gasteiger partial charge in [0.25, 0.3) is 17.0 Å². The van der Waals surface area contributed by atoms with E-state index in [0.29, 0.717) is 16.1 Å². The minimum Gasteiger partial charge on any atom is -0.466 e. The molecule has 0 saturated carbocycles. The Balaban J connectivity index is 1.55. The highest BCUT2D eigenvalue weighted by Crippen LogP contribution is 2.18. The second-order valence-corrected chi connectivity index (χ2v) is 6.98. The van der Waals surface area contributed by atoms with E-state index in [1.54, 1.807) is 24.4 Å². The average Bonchev–Trinajstić information content (AvgIpc) is 3.04. The lowest BCUT2D eigenvalue weighted by atomic mass is 10.1. The lowest BCUT2D eigenvalue weighted by Gasteiger charge is -2.13. The molecule has 0 bridgehead atoms. The summed E-state index contributed by atoms with van der Waals surface area (Å²) in [6, 6.07) is 7.15. The highest BCUT2D eigenvalue weighted by atomic mass is 32.1. The number of aromatic nitrogens is 1. The van der Waals surface area contributed by atoms with Crippen LogP contribution in [0.25, 0.3) is 10.9 Å². The van der Waals surface area contributed by atoms with Crippen LogP contribution in [0, 0.1) is 5.41 Å². The van der Waals surface area contributed by atoms with Crippen molar-refractivity contribution in [1.82, 2.24) is 20.7 Å². The van der Waals surface area contributed by atoms with Crippen molar-refractivity contribution in [3.63, 3.8) is 0 Å². The Hall–Kier alpha value is -3.80. The molecule has 31 heavy (non-hydrogen) atoms. The number of ether oxygens (including phenoxy) is 1. The van der Waals surface area contributed by atoms with Gasteiger partial charge >= 0.3 is 5.97 Å². The van der Waals surface area contributed by atoms with Crippen LogP contribution in [0.3, 0.4) is 0 Å². The maximum atomic E-state index is 12.1. The third-order valence-corrected chi connectivity index (χ3v) is 4.50. The number of carbonyl (C=O) groups excluding carboxylic acids is 3. The number of imide groups is 1. The maximum Gasteiger partial charge on any atom is 0.337 e. The number of benzene rings is 1. The smallest absolute Gasteiger partial charge is 0.337 e. The number of hydrogen-bond acceptors (Lipinski definition) is 8. The zero-order valence-corrected chi connectivity index (χ0v) is 17.2. The van der Waals surface area contributed by atoms with Crippen LogP contribution in [0.4, 0.5) is 0 Å². The van der Waals surface area contributed by atoms with Gasteiger partial charge in [-0.3, -0.25) is 20.0 Å². The van der Waals surface area contributed by atoms with Crippen LogP contribution in [0.5, 0.6) is 0 Å². The summed E-state index contributed by atoms with van der Waals surface area (Å²) in [6.07, 6.45) is 1.62. The summed E-state index contributed by atoms with van der Waals surface area (Å²) in [7, 11) is 0. The maximum absolute atomic E-state index is 12.1. The monoisotopic (exact) mass is 444 g/mol. The predicted octanol–water partition coefficient (Wildman–Crippen LogP) is 0.216. The van der Waals surface area contributed by atoms with Crippen molar-refractivity contribution in [2.75, 3.05) is 6.67 Å². The van der Waals surface area contributed by atoms with E-state index in [9.17, 15) is 14.4 Å². The summed E-state index contributed by atoms with van der Waals surface area (Å²) in [6.45, 7) is 0.371. The number of nitrogens with zero attached hydrogens (tertiary/aromatic N) is 2. The number of nitrogens with two attached hydrogens (primary N) is 1. The Morgan fingerprint density at radius 3 is 2.65 bits per heavy atom. The van der Waals surface area contributed by atoms with Crippen LogP contribution >= 0.6 is 12.2 Å². The van der Waals surface area contributed by atoms with Crippen LogP contribution in [0.1, 0.15) is 24.0 Å². The molecule has 3 rings (SSSR count). The molecule has 2 heterocycles. The lowest BCUT2D eigenvalue weighted by molar-refractivity contribution is -0.197. The molecule has 5 N–H and O–H groups in total. The van der Waals surface area contributed by atoms with Gasteiger partial charge in [-0.1, -0.05) is 12.1 Å². The molecule has 162 valence electrons. The molecule has 1 aromatic carbocycles. The van der Waals surface area contributed by atoms with Gasteiger partial charge in [-0.05, 0) is 29.9 Å². The summed E-state index contributed by atoms with van der Waals surface area (Å²) in [5.74, 6) is -1.91. The van der Waals surface area contributed by atoms with Gasteiger partial charge in [0.15, 0.2) is 5.96 Å². The number of hydroxylamine groups is 2. The fourth-order valence-corrected chi connectivity index (χ4v) is 2.90. The second-order valence-electron chi connectivity index (χ2n) is 6.61. The van der Waals surface area contributed by atoms with Gasteiger partial charge in [-0.15, -0.1) is 5.06 Å². The van der Waals surface area contributed by atoms with Crippen LogP contribution in [-0.2, 0) is 37.0 Å². The fourth-order valence-electron chi connectivity index (χ4n) is 2.77. The van der Waals surface area contributed by atoms with Crippen molar-refractivity contribution < 1.29 is 24.0 Å². The quantitative estimate of drug-likeness (QED) is 0.153. The third-order valence-electron chi connectivity index (χ3n) is 4.23. The first-order valence-corrected chi connectivity index (χ1v) is 9.65. The van der Waals surface area contributed by atoms with Crippen molar-refractivity contribution in [2.24, 2.45) is 5.73 Å². The van der Waals surface area contributed by atoms with Crippen molar-refractivity contribution in [3.05, 3.63) is 41.6 Å². The Morgan fingerprint density at radius 2 is 1.94 bits per heavy atom. The summed E-state index contributed by atoms with van der Waals surface area (Å²) in [5.41, 5.74) is 7.25. The molecular formula is C19H20N6O5S. The molecule has 12 heteroatoms. The third kappa shape index (κ3) is 6.09. The second kappa shape index (κ2) is 9.80. The van der Waals surface area contributed by atoms with E-state index >= 15 is 0 Å².